The van der Waals surface area contributed by atoms with Gasteiger partial charge in [-0.1, -0.05) is 44.9 Å². The second-order valence-corrected chi connectivity index (χ2v) is 5.97. The highest BCUT2D eigenvalue weighted by molar-refractivity contribution is 5.20. The lowest BCUT2D eigenvalue weighted by molar-refractivity contribution is 0.0735. The van der Waals surface area contributed by atoms with Gasteiger partial charge in [0, 0.05) is 18.2 Å². The SMILES string of the molecule is CCN(CC(C)C(O)c1ccccc1F)C1CCCC1. The molecule has 0 saturated heterocycles. The summed E-state index contributed by atoms with van der Waals surface area (Å²) in [7, 11) is 0. The fourth-order valence-corrected chi connectivity index (χ4v) is 3.30. The first-order chi connectivity index (χ1) is 9.63. The lowest BCUT2D eigenvalue weighted by Gasteiger charge is -2.32. The topological polar surface area (TPSA) is 23.5 Å². The fraction of sp³-hybridized carbons (Fsp3) is 0.647. The maximum Gasteiger partial charge on any atom is 0.129 e. The summed E-state index contributed by atoms with van der Waals surface area (Å²) in [5.74, 6) is -0.275. The van der Waals surface area contributed by atoms with Gasteiger partial charge in [0.1, 0.15) is 5.82 Å². The Morgan fingerprint density at radius 3 is 2.55 bits per heavy atom. The zero-order chi connectivity index (χ0) is 14.5. The Morgan fingerprint density at radius 2 is 1.95 bits per heavy atom. The summed E-state index contributed by atoms with van der Waals surface area (Å²) < 4.78 is 13.7. The number of nitrogens with zero attached hydrogens (tertiary/aromatic N) is 1. The molecule has 2 unspecified atom stereocenters. The highest BCUT2D eigenvalue weighted by Crippen LogP contribution is 2.28. The van der Waals surface area contributed by atoms with Gasteiger partial charge < -0.3 is 10.0 Å². The van der Waals surface area contributed by atoms with Crippen molar-refractivity contribution in [2.45, 2.75) is 51.7 Å². The summed E-state index contributed by atoms with van der Waals surface area (Å²) in [6.45, 7) is 6.00. The van der Waals surface area contributed by atoms with Crippen molar-refractivity contribution in [3.8, 4) is 0 Å². The van der Waals surface area contributed by atoms with Crippen molar-refractivity contribution < 1.29 is 9.50 Å². The van der Waals surface area contributed by atoms with Crippen molar-refractivity contribution in [3.63, 3.8) is 0 Å². The van der Waals surface area contributed by atoms with Crippen molar-refractivity contribution in [1.82, 2.24) is 4.90 Å². The number of aliphatic hydroxyl groups is 1. The highest BCUT2D eigenvalue weighted by Gasteiger charge is 2.26. The zero-order valence-corrected chi connectivity index (χ0v) is 12.6. The largest absolute Gasteiger partial charge is 0.388 e. The lowest BCUT2D eigenvalue weighted by atomic mass is 9.96. The van der Waals surface area contributed by atoms with Crippen LogP contribution in [0, 0.1) is 11.7 Å². The van der Waals surface area contributed by atoms with Gasteiger partial charge in [-0.15, -0.1) is 0 Å². The van der Waals surface area contributed by atoms with E-state index in [2.05, 4.69) is 11.8 Å². The molecule has 1 aromatic rings. The molecule has 0 aliphatic heterocycles. The van der Waals surface area contributed by atoms with Crippen molar-refractivity contribution in [1.29, 1.82) is 0 Å². The van der Waals surface area contributed by atoms with E-state index in [0.717, 1.165) is 13.1 Å². The molecule has 1 aliphatic rings. The summed E-state index contributed by atoms with van der Waals surface area (Å²) >= 11 is 0. The number of rotatable bonds is 6. The first-order valence-corrected chi connectivity index (χ1v) is 7.80. The van der Waals surface area contributed by atoms with Gasteiger partial charge in [0.2, 0.25) is 0 Å². The Morgan fingerprint density at radius 1 is 1.30 bits per heavy atom. The number of hydrogen-bond acceptors (Lipinski definition) is 2. The molecule has 2 atom stereocenters. The van der Waals surface area contributed by atoms with Crippen LogP contribution in [0.3, 0.4) is 0 Å². The third-order valence-electron chi connectivity index (χ3n) is 4.53. The molecular formula is C17H26FNO. The molecule has 0 heterocycles. The van der Waals surface area contributed by atoms with Crippen molar-refractivity contribution >= 4 is 0 Å². The van der Waals surface area contributed by atoms with Crippen LogP contribution >= 0.6 is 0 Å². The van der Waals surface area contributed by atoms with Crippen LogP contribution < -0.4 is 0 Å². The summed E-state index contributed by atoms with van der Waals surface area (Å²) in [5.41, 5.74) is 0.419. The molecule has 1 aliphatic carbocycles. The van der Waals surface area contributed by atoms with E-state index in [-0.39, 0.29) is 11.7 Å². The molecular weight excluding hydrogens is 253 g/mol. The quantitative estimate of drug-likeness (QED) is 0.857. The molecule has 20 heavy (non-hydrogen) atoms. The van der Waals surface area contributed by atoms with Crippen LogP contribution in [0.5, 0.6) is 0 Å². The number of halogens is 1. The monoisotopic (exact) mass is 279 g/mol. The molecule has 0 amide bonds. The van der Waals surface area contributed by atoms with Crippen LogP contribution in [0.4, 0.5) is 4.39 Å². The third kappa shape index (κ3) is 3.58. The molecule has 0 spiro atoms. The van der Waals surface area contributed by atoms with Gasteiger partial charge in [-0.3, -0.25) is 0 Å². The van der Waals surface area contributed by atoms with E-state index < -0.39 is 6.10 Å². The van der Waals surface area contributed by atoms with Crippen LogP contribution in [0.15, 0.2) is 24.3 Å². The lowest BCUT2D eigenvalue weighted by Crippen LogP contribution is -2.38. The summed E-state index contributed by atoms with van der Waals surface area (Å²) in [4.78, 5) is 2.45. The third-order valence-corrected chi connectivity index (χ3v) is 4.53. The Balaban J connectivity index is 1.99. The Bertz CT molecular complexity index is 417. The van der Waals surface area contributed by atoms with Gasteiger partial charge in [-0.25, -0.2) is 4.39 Å². The minimum Gasteiger partial charge on any atom is -0.388 e. The highest BCUT2D eigenvalue weighted by atomic mass is 19.1. The summed E-state index contributed by atoms with van der Waals surface area (Å²) in [6.07, 6.45) is 4.41. The van der Waals surface area contributed by atoms with E-state index in [1.807, 2.05) is 6.92 Å². The molecule has 112 valence electrons. The van der Waals surface area contributed by atoms with Gasteiger partial charge in [0.15, 0.2) is 0 Å². The normalized spacial score (nSPS) is 19.4. The maximum atomic E-state index is 13.7. The molecule has 0 radical (unpaired) electrons. The zero-order valence-electron chi connectivity index (χ0n) is 12.6. The van der Waals surface area contributed by atoms with Crippen LogP contribution in [0.25, 0.3) is 0 Å². The molecule has 2 rings (SSSR count). The second kappa shape index (κ2) is 7.19. The van der Waals surface area contributed by atoms with Crippen molar-refractivity contribution in [3.05, 3.63) is 35.6 Å². The second-order valence-electron chi connectivity index (χ2n) is 5.97. The van der Waals surface area contributed by atoms with Crippen molar-refractivity contribution in [2.75, 3.05) is 13.1 Å². The van der Waals surface area contributed by atoms with Crippen LogP contribution in [0.2, 0.25) is 0 Å². The predicted molar refractivity (Wildman–Crippen MR) is 80.0 cm³/mol. The molecule has 1 N–H and O–H groups in total. The fourth-order valence-electron chi connectivity index (χ4n) is 3.30. The Hall–Kier alpha value is -0.930. The summed E-state index contributed by atoms with van der Waals surface area (Å²) in [6, 6.07) is 7.19. The molecule has 2 nitrogen and oxygen atoms in total. The number of hydrogen-bond donors (Lipinski definition) is 1. The smallest absolute Gasteiger partial charge is 0.129 e. The van der Waals surface area contributed by atoms with E-state index in [9.17, 15) is 9.50 Å². The minimum absolute atomic E-state index is 0.0347. The van der Waals surface area contributed by atoms with E-state index in [0.29, 0.717) is 11.6 Å². The standard InChI is InChI=1S/C17H26FNO/c1-3-19(14-8-4-5-9-14)12-13(2)17(20)15-10-6-7-11-16(15)18/h6-7,10-11,13-14,17,20H,3-5,8-9,12H2,1-2H3. The molecule has 3 heteroatoms. The minimum atomic E-state index is -0.730. The van der Waals surface area contributed by atoms with Gasteiger partial charge in [0.25, 0.3) is 0 Å². The van der Waals surface area contributed by atoms with Crippen LogP contribution in [-0.2, 0) is 0 Å². The predicted octanol–water partition coefficient (Wildman–Crippen LogP) is 3.76. The van der Waals surface area contributed by atoms with Gasteiger partial charge >= 0.3 is 0 Å². The molecule has 0 aromatic heterocycles. The number of aliphatic hydroxyl groups excluding tert-OH is 1. The Kier molecular flexibility index (Phi) is 5.55. The van der Waals surface area contributed by atoms with E-state index >= 15 is 0 Å². The first kappa shape index (κ1) is 15.5. The van der Waals surface area contributed by atoms with E-state index in [4.69, 9.17) is 0 Å². The molecule has 1 saturated carbocycles. The molecule has 0 bridgehead atoms. The van der Waals surface area contributed by atoms with E-state index in [1.165, 1.54) is 31.7 Å². The van der Waals surface area contributed by atoms with Crippen LogP contribution in [-0.4, -0.2) is 29.1 Å². The van der Waals surface area contributed by atoms with Gasteiger partial charge in [-0.05, 0) is 31.4 Å². The van der Waals surface area contributed by atoms with Gasteiger partial charge in [-0.2, -0.15) is 0 Å². The average molecular weight is 279 g/mol. The molecule has 1 fully saturated rings. The maximum absolute atomic E-state index is 13.7. The number of benzene rings is 1. The summed E-state index contributed by atoms with van der Waals surface area (Å²) in [5, 5.41) is 10.4. The van der Waals surface area contributed by atoms with E-state index in [1.54, 1.807) is 18.2 Å². The van der Waals surface area contributed by atoms with Gasteiger partial charge in [0.05, 0.1) is 6.10 Å². The average Bonchev–Trinajstić information content (AvgIpc) is 2.98. The first-order valence-electron chi connectivity index (χ1n) is 7.80. The van der Waals surface area contributed by atoms with Crippen LogP contribution in [0.1, 0.15) is 51.2 Å². The Labute approximate surface area is 121 Å². The van der Waals surface area contributed by atoms with Crippen molar-refractivity contribution in [2.24, 2.45) is 5.92 Å². The molecule has 1 aromatic carbocycles.